The Labute approximate surface area is 98.4 Å². The van der Waals surface area contributed by atoms with Crippen molar-refractivity contribution < 1.29 is 4.79 Å². The van der Waals surface area contributed by atoms with E-state index in [0.717, 1.165) is 6.42 Å². The normalized spacial score (nSPS) is 25.2. The number of ketones is 1. The van der Waals surface area contributed by atoms with E-state index < -0.39 is 8.07 Å². The van der Waals surface area contributed by atoms with E-state index in [1.54, 1.807) is 6.08 Å². The molecule has 16 heavy (non-hydrogen) atoms. The lowest BCUT2D eigenvalue weighted by Crippen LogP contribution is -2.23. The summed E-state index contributed by atoms with van der Waals surface area (Å²) < 4.78 is 0. The van der Waals surface area contributed by atoms with Gasteiger partial charge in [-0.1, -0.05) is 25.6 Å². The molecule has 1 atom stereocenters. The van der Waals surface area contributed by atoms with E-state index >= 15 is 0 Å². The van der Waals surface area contributed by atoms with Crippen LogP contribution in [0.3, 0.4) is 0 Å². The third kappa shape index (κ3) is 3.36. The fourth-order valence-corrected chi connectivity index (χ4v) is 2.16. The highest BCUT2D eigenvalue weighted by molar-refractivity contribution is 6.83. The molecule has 0 radical (unpaired) electrons. The Morgan fingerprint density at radius 3 is 2.56 bits per heavy atom. The molecule has 0 unspecified atom stereocenters. The maximum atomic E-state index is 11.4. The van der Waals surface area contributed by atoms with Gasteiger partial charge in [-0.2, -0.15) is 5.26 Å². The summed E-state index contributed by atoms with van der Waals surface area (Å²) in [6, 6.07) is 1.96. The van der Waals surface area contributed by atoms with Crippen molar-refractivity contribution in [2.75, 3.05) is 0 Å². The molecule has 0 fully saturated rings. The second kappa shape index (κ2) is 4.27. The first-order valence-electron chi connectivity index (χ1n) is 5.46. The highest BCUT2D eigenvalue weighted by Gasteiger charge is 2.28. The van der Waals surface area contributed by atoms with Crippen molar-refractivity contribution in [2.24, 2.45) is 5.41 Å². The summed E-state index contributed by atoms with van der Waals surface area (Å²) in [7, 11) is -1.40. The van der Waals surface area contributed by atoms with Crippen LogP contribution < -0.4 is 0 Å². The first-order chi connectivity index (χ1) is 7.26. The van der Waals surface area contributed by atoms with Gasteiger partial charge in [0.25, 0.3) is 0 Å². The lowest BCUT2D eigenvalue weighted by molar-refractivity contribution is -0.116. The van der Waals surface area contributed by atoms with Gasteiger partial charge < -0.3 is 0 Å². The number of carbonyl (C=O) groups is 1. The van der Waals surface area contributed by atoms with Gasteiger partial charge in [0.15, 0.2) is 5.78 Å². The first-order valence-corrected chi connectivity index (χ1v) is 8.96. The van der Waals surface area contributed by atoms with Gasteiger partial charge >= 0.3 is 0 Å². The Balaban J connectivity index is 3.04. The molecule has 0 N–H and O–H groups in total. The Morgan fingerprint density at radius 2 is 2.06 bits per heavy atom. The zero-order valence-corrected chi connectivity index (χ0v) is 11.3. The number of nitrogens with zero attached hydrogens (tertiary/aromatic N) is 1. The van der Waals surface area contributed by atoms with Crippen molar-refractivity contribution in [3.05, 3.63) is 11.6 Å². The van der Waals surface area contributed by atoms with Crippen molar-refractivity contribution in [1.82, 2.24) is 0 Å². The van der Waals surface area contributed by atoms with Crippen molar-refractivity contribution in [3.8, 4) is 17.5 Å². The van der Waals surface area contributed by atoms with Crippen LogP contribution in [0.5, 0.6) is 0 Å². The zero-order chi connectivity index (χ0) is 12.4. The molecule has 2 nitrogen and oxygen atoms in total. The van der Waals surface area contributed by atoms with Crippen molar-refractivity contribution in [3.63, 3.8) is 0 Å². The molecule has 0 aliphatic heterocycles. The predicted octanol–water partition coefficient (Wildman–Crippen LogP) is 2.69. The van der Waals surface area contributed by atoms with Gasteiger partial charge in [-0.05, 0) is 19.4 Å². The second-order valence-corrected chi connectivity index (χ2v) is 10.3. The van der Waals surface area contributed by atoms with Crippen LogP contribution in [0.15, 0.2) is 11.6 Å². The second-order valence-electron chi connectivity index (χ2n) is 5.51. The molecule has 0 spiro atoms. The Kier molecular flexibility index (Phi) is 3.40. The molecule has 1 aliphatic carbocycles. The van der Waals surface area contributed by atoms with E-state index in [1.807, 2.05) is 13.0 Å². The van der Waals surface area contributed by atoms with Crippen LogP contribution >= 0.6 is 0 Å². The van der Waals surface area contributed by atoms with Gasteiger partial charge in [-0.3, -0.25) is 4.79 Å². The van der Waals surface area contributed by atoms with Gasteiger partial charge in [-0.25, -0.2) is 0 Å². The number of nitriles is 1. The fourth-order valence-electron chi connectivity index (χ4n) is 1.50. The average Bonchev–Trinajstić information content (AvgIpc) is 2.19. The molecule has 3 heteroatoms. The molecule has 0 saturated heterocycles. The van der Waals surface area contributed by atoms with E-state index in [2.05, 4.69) is 31.1 Å². The quantitative estimate of drug-likeness (QED) is 0.475. The molecule has 0 aromatic carbocycles. The van der Waals surface area contributed by atoms with Gasteiger partial charge in [-0.15, -0.1) is 5.54 Å². The van der Waals surface area contributed by atoms with E-state index in [1.165, 1.54) is 0 Å². The number of rotatable bonds is 0. The number of Topliss-reactive ketones (excluding diaryl/α,β-unsaturated/α-hetero) is 1. The molecule has 0 aromatic rings. The highest BCUT2D eigenvalue weighted by atomic mass is 28.3. The van der Waals surface area contributed by atoms with Crippen molar-refractivity contribution in [1.29, 1.82) is 5.26 Å². The van der Waals surface area contributed by atoms with Crippen molar-refractivity contribution in [2.45, 2.75) is 39.4 Å². The van der Waals surface area contributed by atoms with E-state index in [-0.39, 0.29) is 16.8 Å². The molecule has 84 valence electrons. The molecule has 1 rings (SSSR count). The maximum Gasteiger partial charge on any atom is 0.173 e. The number of hydrogen-bond acceptors (Lipinski definition) is 2. The molecule has 0 amide bonds. The lowest BCUT2D eigenvalue weighted by Gasteiger charge is -2.24. The molecule has 0 bridgehead atoms. The van der Waals surface area contributed by atoms with E-state index in [4.69, 9.17) is 5.26 Å². The molecule has 0 aromatic heterocycles. The Morgan fingerprint density at radius 1 is 1.44 bits per heavy atom. The van der Waals surface area contributed by atoms with Crippen LogP contribution in [-0.4, -0.2) is 13.9 Å². The summed E-state index contributed by atoms with van der Waals surface area (Å²) in [4.78, 5) is 11.4. The molecular weight excluding hydrogens is 214 g/mol. The summed E-state index contributed by atoms with van der Waals surface area (Å²) in [5.74, 6) is 3.21. The first kappa shape index (κ1) is 12.7. The largest absolute Gasteiger partial charge is 0.293 e. The third-order valence-corrected chi connectivity index (χ3v) is 3.35. The van der Waals surface area contributed by atoms with Crippen LogP contribution in [0.25, 0.3) is 0 Å². The predicted molar refractivity (Wildman–Crippen MR) is 67.2 cm³/mol. The Bertz CT molecular complexity index is 439. The summed E-state index contributed by atoms with van der Waals surface area (Å²) in [6.45, 7) is 8.56. The Hall–Kier alpha value is -1.32. The van der Waals surface area contributed by atoms with Crippen LogP contribution in [0, 0.1) is 28.2 Å². The van der Waals surface area contributed by atoms with E-state index in [9.17, 15) is 4.79 Å². The van der Waals surface area contributed by atoms with Crippen LogP contribution in [0.4, 0.5) is 0 Å². The van der Waals surface area contributed by atoms with Crippen LogP contribution in [0.2, 0.25) is 19.6 Å². The van der Waals surface area contributed by atoms with Gasteiger partial charge in [0.1, 0.15) is 14.1 Å². The average molecular weight is 231 g/mol. The van der Waals surface area contributed by atoms with Crippen LogP contribution in [0.1, 0.15) is 19.8 Å². The van der Waals surface area contributed by atoms with Gasteiger partial charge in [0.2, 0.25) is 0 Å². The summed E-state index contributed by atoms with van der Waals surface area (Å²) in [5, 5.41) is 8.84. The minimum atomic E-state index is -1.40. The van der Waals surface area contributed by atoms with Gasteiger partial charge in [0.05, 0.1) is 5.57 Å². The molecular formula is C13H17NOSi. The fraction of sp³-hybridized carbons (Fsp3) is 0.538. The standard InChI is InChI=1S/C13H17NOSi/c1-13(7-8-16(2,3)4)6-5-12(15)11(9-13)10-14/h9H,5-6H2,1-4H3/t13-/m1/s1. The maximum absolute atomic E-state index is 11.4. The van der Waals surface area contributed by atoms with Gasteiger partial charge in [0, 0.05) is 11.8 Å². The molecule has 0 saturated carbocycles. The zero-order valence-electron chi connectivity index (χ0n) is 10.3. The van der Waals surface area contributed by atoms with E-state index in [0.29, 0.717) is 6.42 Å². The summed E-state index contributed by atoms with van der Waals surface area (Å²) in [6.07, 6.45) is 2.91. The number of allylic oxidation sites excluding steroid dienone is 2. The van der Waals surface area contributed by atoms with Crippen LogP contribution in [-0.2, 0) is 4.79 Å². The summed E-state index contributed by atoms with van der Waals surface area (Å²) >= 11 is 0. The summed E-state index contributed by atoms with van der Waals surface area (Å²) in [5.41, 5.74) is 3.30. The molecule has 0 heterocycles. The minimum Gasteiger partial charge on any atom is -0.293 e. The highest BCUT2D eigenvalue weighted by Crippen LogP contribution is 2.31. The SMILES string of the molecule is C[C@@]1(C#C[Si](C)(C)C)C=C(C#N)C(=O)CC1. The lowest BCUT2D eigenvalue weighted by atomic mass is 9.78. The molecule has 1 aliphatic rings. The van der Waals surface area contributed by atoms with Crippen molar-refractivity contribution >= 4 is 13.9 Å². The number of carbonyl (C=O) groups excluding carboxylic acids is 1. The third-order valence-electron chi connectivity index (χ3n) is 2.48. The number of hydrogen-bond donors (Lipinski definition) is 0. The monoisotopic (exact) mass is 231 g/mol. The minimum absolute atomic E-state index is 0.0465. The smallest absolute Gasteiger partial charge is 0.173 e. The topological polar surface area (TPSA) is 40.9 Å².